The van der Waals surface area contributed by atoms with Gasteiger partial charge in [-0.05, 0) is 45.7 Å². The summed E-state index contributed by atoms with van der Waals surface area (Å²) in [5.41, 5.74) is 6.22. The van der Waals surface area contributed by atoms with Gasteiger partial charge >= 0.3 is 0 Å². The molecule has 2 N–H and O–H groups in total. The summed E-state index contributed by atoms with van der Waals surface area (Å²) in [5.74, 6) is 1.51. The molecule has 0 atom stereocenters. The number of aromatic nitrogens is 1. The lowest BCUT2D eigenvalue weighted by atomic mass is 10.2. The van der Waals surface area contributed by atoms with Crippen LogP contribution in [0.2, 0.25) is 0 Å². The molecule has 1 aliphatic rings. The summed E-state index contributed by atoms with van der Waals surface area (Å²) < 4.78 is 5.77. The van der Waals surface area contributed by atoms with Crippen LogP contribution in [0.5, 0.6) is 5.88 Å². The van der Waals surface area contributed by atoms with Gasteiger partial charge in [-0.1, -0.05) is 0 Å². The van der Waals surface area contributed by atoms with Crippen molar-refractivity contribution in [1.29, 1.82) is 0 Å². The predicted molar refractivity (Wildman–Crippen MR) is 70.5 cm³/mol. The highest BCUT2D eigenvalue weighted by Crippen LogP contribution is 2.27. The minimum Gasteiger partial charge on any atom is -0.470 e. The highest BCUT2D eigenvalue weighted by molar-refractivity contribution is 5.55. The molecular weight excluding hydrogens is 214 g/mol. The zero-order valence-corrected chi connectivity index (χ0v) is 10.9. The molecule has 1 aromatic heterocycles. The van der Waals surface area contributed by atoms with Crippen LogP contribution in [0.15, 0.2) is 12.1 Å². The highest BCUT2D eigenvalue weighted by atomic mass is 16.5. The topological polar surface area (TPSA) is 51.4 Å². The van der Waals surface area contributed by atoms with Crippen LogP contribution in [0.4, 0.5) is 11.5 Å². The summed E-state index contributed by atoms with van der Waals surface area (Å²) in [4.78, 5) is 6.79. The number of hydrogen-bond acceptors (Lipinski definition) is 4. The van der Waals surface area contributed by atoms with Gasteiger partial charge in [0.25, 0.3) is 0 Å². The monoisotopic (exact) mass is 235 g/mol. The van der Waals surface area contributed by atoms with Crippen LogP contribution in [0, 0.1) is 0 Å². The molecule has 1 aromatic rings. The zero-order chi connectivity index (χ0) is 12.5. The number of hydrogen-bond donors (Lipinski definition) is 1. The van der Waals surface area contributed by atoms with E-state index < -0.39 is 0 Å². The van der Waals surface area contributed by atoms with Gasteiger partial charge in [0.05, 0.1) is 5.69 Å². The number of nitrogen functional groups attached to an aromatic ring is 1. The summed E-state index contributed by atoms with van der Waals surface area (Å²) in [6.07, 6.45) is 2.48. The van der Waals surface area contributed by atoms with Crippen molar-refractivity contribution in [3.05, 3.63) is 12.1 Å². The number of nitrogens with two attached hydrogens (primary N) is 1. The van der Waals surface area contributed by atoms with E-state index in [1.54, 1.807) is 0 Å². The normalized spacial score (nSPS) is 16.3. The van der Waals surface area contributed by atoms with E-state index in [1.165, 1.54) is 12.8 Å². The Bertz CT molecular complexity index is 392. The number of ether oxygens (including phenoxy) is 1. The van der Waals surface area contributed by atoms with Crippen molar-refractivity contribution < 1.29 is 4.74 Å². The second-order valence-electron chi connectivity index (χ2n) is 5.47. The van der Waals surface area contributed by atoms with E-state index in [2.05, 4.69) is 9.88 Å². The number of nitrogens with zero attached hydrogens (tertiary/aromatic N) is 2. The first-order valence-corrected chi connectivity index (χ1v) is 6.16. The maximum Gasteiger partial charge on any atom is 0.239 e. The molecule has 0 spiro atoms. The summed E-state index contributed by atoms with van der Waals surface area (Å²) in [6.45, 7) is 8.14. The molecule has 1 aliphatic heterocycles. The van der Waals surface area contributed by atoms with Gasteiger partial charge in [0.2, 0.25) is 5.88 Å². The van der Waals surface area contributed by atoms with Crippen LogP contribution in [0.1, 0.15) is 33.6 Å². The molecule has 17 heavy (non-hydrogen) atoms. The fourth-order valence-corrected chi connectivity index (χ4v) is 1.94. The van der Waals surface area contributed by atoms with E-state index in [9.17, 15) is 0 Å². The zero-order valence-electron chi connectivity index (χ0n) is 10.9. The quantitative estimate of drug-likeness (QED) is 0.855. The van der Waals surface area contributed by atoms with Gasteiger partial charge < -0.3 is 15.4 Å². The Kier molecular flexibility index (Phi) is 3.13. The van der Waals surface area contributed by atoms with Crippen LogP contribution in [0.25, 0.3) is 0 Å². The minimum atomic E-state index is -0.273. The Balaban J connectivity index is 2.22. The van der Waals surface area contributed by atoms with Crippen molar-refractivity contribution >= 4 is 11.5 Å². The molecule has 0 aliphatic carbocycles. The third-order valence-electron chi connectivity index (χ3n) is 2.71. The SMILES string of the molecule is CC(C)(C)Oc1nc(N2CCCC2)ccc1N. The van der Waals surface area contributed by atoms with E-state index in [1.807, 2.05) is 32.9 Å². The van der Waals surface area contributed by atoms with Crippen molar-refractivity contribution in [2.75, 3.05) is 23.7 Å². The molecule has 0 unspecified atom stereocenters. The largest absolute Gasteiger partial charge is 0.470 e. The van der Waals surface area contributed by atoms with E-state index in [-0.39, 0.29) is 5.60 Å². The van der Waals surface area contributed by atoms with Gasteiger partial charge in [0.15, 0.2) is 0 Å². The first-order valence-electron chi connectivity index (χ1n) is 6.16. The average molecular weight is 235 g/mol. The third kappa shape index (κ3) is 3.02. The lowest BCUT2D eigenvalue weighted by Gasteiger charge is -2.23. The van der Waals surface area contributed by atoms with Crippen LogP contribution in [0.3, 0.4) is 0 Å². The van der Waals surface area contributed by atoms with Crippen molar-refractivity contribution in [3.8, 4) is 5.88 Å². The molecule has 2 rings (SSSR count). The summed E-state index contributed by atoms with van der Waals surface area (Å²) in [7, 11) is 0. The first kappa shape index (κ1) is 12.0. The van der Waals surface area contributed by atoms with Crippen LogP contribution in [-0.4, -0.2) is 23.7 Å². The average Bonchev–Trinajstić information content (AvgIpc) is 2.72. The lowest BCUT2D eigenvalue weighted by Crippen LogP contribution is -2.25. The number of rotatable bonds is 2. The molecule has 94 valence electrons. The van der Waals surface area contributed by atoms with Gasteiger partial charge in [-0.25, -0.2) is 0 Å². The summed E-state index contributed by atoms with van der Waals surface area (Å²) in [5, 5.41) is 0. The second-order valence-corrected chi connectivity index (χ2v) is 5.47. The Morgan fingerprint density at radius 3 is 2.47 bits per heavy atom. The molecule has 0 aromatic carbocycles. The fourth-order valence-electron chi connectivity index (χ4n) is 1.94. The molecule has 2 heterocycles. The molecule has 0 bridgehead atoms. The maximum absolute atomic E-state index is 5.89. The maximum atomic E-state index is 5.89. The fraction of sp³-hybridized carbons (Fsp3) is 0.615. The minimum absolute atomic E-state index is 0.273. The van der Waals surface area contributed by atoms with Crippen molar-refractivity contribution in [2.45, 2.75) is 39.2 Å². The summed E-state index contributed by atoms with van der Waals surface area (Å²) >= 11 is 0. The van der Waals surface area contributed by atoms with E-state index in [0.717, 1.165) is 18.9 Å². The van der Waals surface area contributed by atoms with Crippen LogP contribution in [-0.2, 0) is 0 Å². The van der Waals surface area contributed by atoms with E-state index in [0.29, 0.717) is 11.6 Å². The Morgan fingerprint density at radius 1 is 1.24 bits per heavy atom. The Hall–Kier alpha value is -1.45. The molecular formula is C13H21N3O. The van der Waals surface area contributed by atoms with Gasteiger partial charge in [-0.15, -0.1) is 0 Å². The third-order valence-corrected chi connectivity index (χ3v) is 2.71. The molecule has 4 nitrogen and oxygen atoms in total. The number of anilines is 2. The summed E-state index contributed by atoms with van der Waals surface area (Å²) in [6, 6.07) is 3.85. The van der Waals surface area contributed by atoms with Gasteiger partial charge in [0.1, 0.15) is 11.4 Å². The molecule has 0 amide bonds. The second kappa shape index (κ2) is 4.43. The van der Waals surface area contributed by atoms with Crippen molar-refractivity contribution in [3.63, 3.8) is 0 Å². The van der Waals surface area contributed by atoms with Gasteiger partial charge in [-0.2, -0.15) is 4.98 Å². The van der Waals surface area contributed by atoms with E-state index in [4.69, 9.17) is 10.5 Å². The predicted octanol–water partition coefficient (Wildman–Crippen LogP) is 2.44. The number of pyridine rings is 1. The van der Waals surface area contributed by atoms with Gasteiger partial charge in [-0.3, -0.25) is 0 Å². The molecule has 1 saturated heterocycles. The molecule has 4 heteroatoms. The highest BCUT2D eigenvalue weighted by Gasteiger charge is 2.18. The van der Waals surface area contributed by atoms with Crippen LogP contribution >= 0.6 is 0 Å². The Labute approximate surface area is 103 Å². The molecule has 1 fully saturated rings. The smallest absolute Gasteiger partial charge is 0.239 e. The van der Waals surface area contributed by atoms with Crippen molar-refractivity contribution in [1.82, 2.24) is 4.98 Å². The first-order chi connectivity index (χ1) is 7.96. The lowest BCUT2D eigenvalue weighted by molar-refractivity contribution is 0.125. The van der Waals surface area contributed by atoms with Crippen LogP contribution < -0.4 is 15.4 Å². The van der Waals surface area contributed by atoms with Crippen molar-refractivity contribution in [2.24, 2.45) is 0 Å². The molecule has 0 radical (unpaired) electrons. The molecule has 0 saturated carbocycles. The van der Waals surface area contributed by atoms with Gasteiger partial charge in [0, 0.05) is 13.1 Å². The van der Waals surface area contributed by atoms with E-state index >= 15 is 0 Å². The standard InChI is InChI=1S/C13H21N3O/c1-13(2,3)17-12-10(14)6-7-11(15-12)16-8-4-5-9-16/h6-7H,4-5,8-9,14H2,1-3H3. The Morgan fingerprint density at radius 2 is 1.88 bits per heavy atom.